The normalized spacial score (nSPS) is 19.0. The summed E-state index contributed by atoms with van der Waals surface area (Å²) in [4.78, 5) is 13.3. The molecule has 3 nitrogen and oxygen atoms in total. The van der Waals surface area contributed by atoms with Gasteiger partial charge in [-0.1, -0.05) is 6.92 Å². The lowest BCUT2D eigenvalue weighted by Crippen LogP contribution is -2.56. The van der Waals surface area contributed by atoms with Crippen molar-refractivity contribution in [2.24, 2.45) is 0 Å². The van der Waals surface area contributed by atoms with Gasteiger partial charge in [0.2, 0.25) is 0 Å². The fourth-order valence-corrected chi connectivity index (χ4v) is 1.64. The topological polar surface area (TPSA) is 32.3 Å². The summed E-state index contributed by atoms with van der Waals surface area (Å²) in [7, 11) is 1.83. The van der Waals surface area contributed by atoms with Crippen LogP contribution < -0.4 is 5.32 Å². The fourth-order valence-electron chi connectivity index (χ4n) is 1.64. The van der Waals surface area contributed by atoms with Gasteiger partial charge in [-0.15, -0.1) is 0 Å². The first-order valence-electron chi connectivity index (χ1n) is 5.17. The number of urea groups is 1. The average Bonchev–Trinajstić information content (AvgIpc) is 2.09. The smallest absolute Gasteiger partial charge is 0.317 e. The number of rotatable bonds is 3. The Labute approximate surface area is 80.5 Å². The lowest BCUT2D eigenvalue weighted by molar-refractivity contribution is 0.154. The van der Waals surface area contributed by atoms with E-state index in [1.807, 2.05) is 14.0 Å². The molecule has 1 N–H and O–H groups in total. The summed E-state index contributed by atoms with van der Waals surface area (Å²) < 4.78 is 0. The minimum Gasteiger partial charge on any atom is -0.333 e. The van der Waals surface area contributed by atoms with Crippen LogP contribution >= 0.6 is 0 Å². The molecule has 0 aliphatic heterocycles. The summed E-state index contributed by atoms with van der Waals surface area (Å²) in [5.41, 5.74) is 0.126. The predicted octanol–water partition coefficient (Wildman–Crippen LogP) is 1.98. The van der Waals surface area contributed by atoms with E-state index in [9.17, 15) is 4.79 Å². The van der Waals surface area contributed by atoms with Gasteiger partial charge in [-0.25, -0.2) is 4.79 Å². The molecule has 0 aromatic heterocycles. The second kappa shape index (κ2) is 3.99. The van der Waals surface area contributed by atoms with Crippen LogP contribution in [0.15, 0.2) is 0 Å². The summed E-state index contributed by atoms with van der Waals surface area (Å²) in [6.45, 7) is 4.90. The Kier molecular flexibility index (Phi) is 3.17. The van der Waals surface area contributed by atoms with Crippen molar-refractivity contribution in [3.05, 3.63) is 0 Å². The molecule has 3 heteroatoms. The number of carbonyl (C=O) groups excluding carboxylic acids is 1. The molecule has 13 heavy (non-hydrogen) atoms. The van der Waals surface area contributed by atoms with Gasteiger partial charge in [0.25, 0.3) is 0 Å². The third kappa shape index (κ3) is 2.14. The zero-order valence-corrected chi connectivity index (χ0v) is 8.89. The van der Waals surface area contributed by atoms with Gasteiger partial charge in [-0.05, 0) is 32.6 Å². The molecule has 0 saturated heterocycles. The van der Waals surface area contributed by atoms with Gasteiger partial charge in [0.15, 0.2) is 0 Å². The molecule has 1 saturated carbocycles. The Balaban J connectivity index is 2.42. The molecular weight excluding hydrogens is 164 g/mol. The Bertz CT molecular complexity index is 182. The van der Waals surface area contributed by atoms with Crippen molar-refractivity contribution in [1.29, 1.82) is 0 Å². The SMILES string of the molecule is CCN(C)C(=O)NC1(CC)CCC1. The summed E-state index contributed by atoms with van der Waals surface area (Å²) >= 11 is 0. The van der Waals surface area contributed by atoms with E-state index in [1.54, 1.807) is 4.90 Å². The van der Waals surface area contributed by atoms with E-state index in [4.69, 9.17) is 0 Å². The van der Waals surface area contributed by atoms with Gasteiger partial charge in [0.05, 0.1) is 0 Å². The molecule has 0 heterocycles. The highest BCUT2D eigenvalue weighted by molar-refractivity contribution is 5.74. The zero-order chi connectivity index (χ0) is 9.90. The van der Waals surface area contributed by atoms with Crippen LogP contribution in [0.1, 0.15) is 39.5 Å². The number of hydrogen-bond acceptors (Lipinski definition) is 1. The van der Waals surface area contributed by atoms with E-state index in [-0.39, 0.29) is 11.6 Å². The van der Waals surface area contributed by atoms with Crippen molar-refractivity contribution < 1.29 is 4.79 Å². The number of nitrogens with one attached hydrogen (secondary N) is 1. The van der Waals surface area contributed by atoms with Crippen LogP contribution in [0, 0.1) is 0 Å². The highest BCUT2D eigenvalue weighted by atomic mass is 16.2. The second-order valence-electron chi connectivity index (χ2n) is 3.93. The molecule has 1 rings (SSSR count). The van der Waals surface area contributed by atoms with Gasteiger partial charge in [-0.3, -0.25) is 0 Å². The van der Waals surface area contributed by atoms with Crippen molar-refractivity contribution >= 4 is 6.03 Å². The van der Waals surface area contributed by atoms with E-state index >= 15 is 0 Å². The van der Waals surface area contributed by atoms with Gasteiger partial charge < -0.3 is 10.2 Å². The molecule has 2 amide bonds. The molecule has 76 valence electrons. The van der Waals surface area contributed by atoms with E-state index in [1.165, 1.54) is 6.42 Å². The highest BCUT2D eigenvalue weighted by Crippen LogP contribution is 2.34. The quantitative estimate of drug-likeness (QED) is 0.714. The van der Waals surface area contributed by atoms with Crippen LogP contribution in [0.3, 0.4) is 0 Å². The molecule has 1 aliphatic carbocycles. The third-order valence-electron chi connectivity index (χ3n) is 3.18. The van der Waals surface area contributed by atoms with Crippen molar-refractivity contribution in [2.45, 2.75) is 45.1 Å². The molecule has 0 atom stereocenters. The van der Waals surface area contributed by atoms with Crippen LogP contribution in [-0.2, 0) is 0 Å². The lowest BCUT2D eigenvalue weighted by atomic mass is 9.75. The van der Waals surface area contributed by atoms with Crippen molar-refractivity contribution in [2.75, 3.05) is 13.6 Å². The molecule has 1 aliphatic rings. The number of nitrogens with zero attached hydrogens (tertiary/aromatic N) is 1. The summed E-state index contributed by atoms with van der Waals surface area (Å²) in [5, 5.41) is 3.12. The Morgan fingerprint density at radius 1 is 1.46 bits per heavy atom. The largest absolute Gasteiger partial charge is 0.333 e. The zero-order valence-electron chi connectivity index (χ0n) is 8.89. The molecule has 0 aromatic rings. The summed E-state index contributed by atoms with van der Waals surface area (Å²) in [5.74, 6) is 0. The highest BCUT2D eigenvalue weighted by Gasteiger charge is 2.36. The van der Waals surface area contributed by atoms with Crippen LogP contribution in [-0.4, -0.2) is 30.1 Å². The molecule has 0 spiro atoms. The molecule has 0 aromatic carbocycles. The van der Waals surface area contributed by atoms with Crippen molar-refractivity contribution in [3.8, 4) is 0 Å². The minimum atomic E-state index is 0.0732. The molecule has 0 bridgehead atoms. The first-order chi connectivity index (χ1) is 6.13. The van der Waals surface area contributed by atoms with Gasteiger partial charge in [0.1, 0.15) is 0 Å². The maximum atomic E-state index is 11.6. The van der Waals surface area contributed by atoms with Crippen LogP contribution in [0.25, 0.3) is 0 Å². The van der Waals surface area contributed by atoms with E-state index in [0.717, 1.165) is 25.8 Å². The van der Waals surface area contributed by atoms with Crippen molar-refractivity contribution in [3.63, 3.8) is 0 Å². The first kappa shape index (κ1) is 10.4. The van der Waals surface area contributed by atoms with Crippen LogP contribution in [0.5, 0.6) is 0 Å². The minimum absolute atomic E-state index is 0.0732. The maximum Gasteiger partial charge on any atom is 0.317 e. The second-order valence-corrected chi connectivity index (χ2v) is 3.93. The molecule has 0 radical (unpaired) electrons. The number of amides is 2. The predicted molar refractivity (Wildman–Crippen MR) is 53.7 cm³/mol. The first-order valence-corrected chi connectivity index (χ1v) is 5.17. The third-order valence-corrected chi connectivity index (χ3v) is 3.18. The Morgan fingerprint density at radius 2 is 2.08 bits per heavy atom. The van der Waals surface area contributed by atoms with Crippen LogP contribution in [0.2, 0.25) is 0 Å². The maximum absolute atomic E-state index is 11.6. The van der Waals surface area contributed by atoms with Gasteiger partial charge in [-0.2, -0.15) is 0 Å². The molecule has 1 fully saturated rings. The van der Waals surface area contributed by atoms with Gasteiger partial charge in [0, 0.05) is 19.1 Å². The summed E-state index contributed by atoms with van der Waals surface area (Å²) in [6, 6.07) is 0.0732. The van der Waals surface area contributed by atoms with Gasteiger partial charge >= 0.3 is 6.03 Å². The van der Waals surface area contributed by atoms with E-state index < -0.39 is 0 Å². The average molecular weight is 184 g/mol. The molecule has 0 unspecified atom stereocenters. The van der Waals surface area contributed by atoms with Crippen molar-refractivity contribution in [1.82, 2.24) is 10.2 Å². The molecular formula is C10H20N2O. The lowest BCUT2D eigenvalue weighted by Gasteiger charge is -2.42. The number of carbonyl (C=O) groups is 1. The standard InChI is InChI=1S/C10H20N2O/c1-4-10(7-6-8-10)11-9(13)12(3)5-2/h4-8H2,1-3H3,(H,11,13). The van der Waals surface area contributed by atoms with Crippen LogP contribution in [0.4, 0.5) is 4.79 Å². The number of hydrogen-bond donors (Lipinski definition) is 1. The Hall–Kier alpha value is -0.730. The fraction of sp³-hybridized carbons (Fsp3) is 0.900. The monoisotopic (exact) mass is 184 g/mol. The Morgan fingerprint density at radius 3 is 2.38 bits per heavy atom. The van der Waals surface area contributed by atoms with E-state index in [0.29, 0.717) is 0 Å². The van der Waals surface area contributed by atoms with E-state index in [2.05, 4.69) is 12.2 Å². The summed E-state index contributed by atoms with van der Waals surface area (Å²) in [6.07, 6.45) is 4.60.